The summed E-state index contributed by atoms with van der Waals surface area (Å²) in [4.78, 5) is 11.7. The molecule has 92 valence electrons. The van der Waals surface area contributed by atoms with Gasteiger partial charge >= 0.3 is 0 Å². The highest BCUT2D eigenvalue weighted by Gasteiger charge is 2.28. The summed E-state index contributed by atoms with van der Waals surface area (Å²) in [5.41, 5.74) is 1.43. The van der Waals surface area contributed by atoms with Gasteiger partial charge in [0, 0.05) is 19.8 Å². The lowest BCUT2D eigenvalue weighted by Crippen LogP contribution is -2.22. The molecule has 0 radical (unpaired) electrons. The van der Waals surface area contributed by atoms with E-state index in [1.54, 1.807) is 19.1 Å². The summed E-state index contributed by atoms with van der Waals surface area (Å²) in [5, 5.41) is 2.71. The molecule has 0 aromatic heterocycles. The number of hydrogen-bond donors (Lipinski definition) is 1. The highest BCUT2D eigenvalue weighted by Crippen LogP contribution is 2.34. The minimum absolute atomic E-state index is 0.0978. The van der Waals surface area contributed by atoms with E-state index in [9.17, 15) is 13.2 Å². The number of carbonyl (C=O) groups is 1. The molecular weight excluding hydrogens is 240 g/mol. The molecule has 0 aliphatic carbocycles. The summed E-state index contributed by atoms with van der Waals surface area (Å²) < 4.78 is 25.0. The van der Waals surface area contributed by atoms with Crippen LogP contribution in [0.3, 0.4) is 0 Å². The number of nitrogens with one attached hydrogen (secondary N) is 1. The second-order valence-corrected chi connectivity index (χ2v) is 6.40. The maximum Gasteiger partial charge on any atom is 0.242 e. The van der Waals surface area contributed by atoms with Crippen LogP contribution in [-0.4, -0.2) is 32.7 Å². The number of anilines is 1. The number of carbonyl (C=O) groups excluding carboxylic acids is 1. The van der Waals surface area contributed by atoms with E-state index in [4.69, 9.17) is 0 Å². The number of fused-ring (bicyclic) bond motifs is 1. The van der Waals surface area contributed by atoms with Gasteiger partial charge in [-0.3, -0.25) is 4.79 Å². The van der Waals surface area contributed by atoms with Crippen molar-refractivity contribution in [3.05, 3.63) is 23.8 Å². The lowest BCUT2D eigenvalue weighted by Gasteiger charge is -2.12. The summed E-state index contributed by atoms with van der Waals surface area (Å²) in [7, 11) is -0.482. The van der Waals surface area contributed by atoms with Crippen LogP contribution in [-0.2, 0) is 14.8 Å². The van der Waals surface area contributed by atoms with Gasteiger partial charge in [0.15, 0.2) is 0 Å². The SMILES string of the molecule is CC1C(=O)Nc2ccc(S(=O)(=O)N(C)C)cc21. The summed E-state index contributed by atoms with van der Waals surface area (Å²) in [6.07, 6.45) is 0. The van der Waals surface area contributed by atoms with Gasteiger partial charge in [0.1, 0.15) is 0 Å². The molecule has 1 amide bonds. The lowest BCUT2D eigenvalue weighted by atomic mass is 10.0. The van der Waals surface area contributed by atoms with Crippen LogP contribution in [0.4, 0.5) is 5.69 Å². The van der Waals surface area contributed by atoms with Crippen LogP contribution < -0.4 is 5.32 Å². The van der Waals surface area contributed by atoms with Crippen molar-refractivity contribution in [3.63, 3.8) is 0 Å². The number of benzene rings is 1. The third-order valence-corrected chi connectivity index (χ3v) is 4.73. The van der Waals surface area contributed by atoms with Crippen molar-refractivity contribution in [3.8, 4) is 0 Å². The standard InChI is InChI=1S/C11H14N2O3S/c1-7-9-6-8(17(15,16)13(2)3)4-5-10(9)12-11(7)14/h4-7H,1-3H3,(H,12,14). The van der Waals surface area contributed by atoms with Crippen molar-refractivity contribution in [1.82, 2.24) is 4.31 Å². The van der Waals surface area contributed by atoms with Gasteiger partial charge in [0.05, 0.1) is 10.8 Å². The molecule has 0 saturated heterocycles. The van der Waals surface area contributed by atoms with Gasteiger partial charge in [-0.1, -0.05) is 0 Å². The molecule has 6 heteroatoms. The molecule has 1 aliphatic rings. The first-order chi connectivity index (χ1) is 7.84. The molecule has 1 unspecified atom stereocenters. The Morgan fingerprint density at radius 2 is 1.94 bits per heavy atom. The van der Waals surface area contributed by atoms with Gasteiger partial charge < -0.3 is 5.32 Å². The van der Waals surface area contributed by atoms with E-state index in [2.05, 4.69) is 5.32 Å². The maximum absolute atomic E-state index is 11.9. The third-order valence-electron chi connectivity index (χ3n) is 2.92. The number of nitrogens with zero attached hydrogens (tertiary/aromatic N) is 1. The molecule has 0 spiro atoms. The predicted molar refractivity (Wildman–Crippen MR) is 64.4 cm³/mol. The first-order valence-electron chi connectivity index (χ1n) is 5.21. The van der Waals surface area contributed by atoms with Gasteiger partial charge in [0.2, 0.25) is 15.9 Å². The van der Waals surface area contributed by atoms with Crippen molar-refractivity contribution >= 4 is 21.6 Å². The Hall–Kier alpha value is -1.40. The number of sulfonamides is 1. The van der Waals surface area contributed by atoms with Crippen molar-refractivity contribution in [2.24, 2.45) is 0 Å². The van der Waals surface area contributed by atoms with Gasteiger partial charge in [0.25, 0.3) is 0 Å². The van der Waals surface area contributed by atoms with E-state index in [0.29, 0.717) is 5.69 Å². The van der Waals surface area contributed by atoms with Crippen LogP contribution in [0.1, 0.15) is 18.4 Å². The van der Waals surface area contributed by atoms with Crippen molar-refractivity contribution in [2.75, 3.05) is 19.4 Å². The van der Waals surface area contributed by atoms with Gasteiger partial charge in [-0.15, -0.1) is 0 Å². The normalized spacial score (nSPS) is 19.3. The van der Waals surface area contributed by atoms with E-state index in [0.717, 1.165) is 9.87 Å². The van der Waals surface area contributed by atoms with E-state index < -0.39 is 10.0 Å². The molecular formula is C11H14N2O3S. The number of hydrogen-bond acceptors (Lipinski definition) is 3. The largest absolute Gasteiger partial charge is 0.325 e. The van der Waals surface area contributed by atoms with E-state index in [1.807, 2.05) is 0 Å². The maximum atomic E-state index is 11.9. The summed E-state index contributed by atoms with van der Waals surface area (Å²) in [6, 6.07) is 4.70. The Morgan fingerprint density at radius 3 is 2.53 bits per heavy atom. The van der Waals surface area contributed by atoms with E-state index in [1.165, 1.54) is 20.2 Å². The second kappa shape index (κ2) is 3.82. The second-order valence-electron chi connectivity index (χ2n) is 4.25. The van der Waals surface area contributed by atoms with Crippen LogP contribution in [0.2, 0.25) is 0 Å². The molecule has 0 bridgehead atoms. The van der Waals surface area contributed by atoms with Crippen LogP contribution >= 0.6 is 0 Å². The quantitative estimate of drug-likeness (QED) is 0.856. The molecule has 1 aliphatic heterocycles. The molecule has 0 saturated carbocycles. The smallest absolute Gasteiger partial charge is 0.242 e. The molecule has 5 nitrogen and oxygen atoms in total. The van der Waals surface area contributed by atoms with Crippen molar-refractivity contribution in [1.29, 1.82) is 0 Å². The Labute approximate surface area is 100 Å². The number of amides is 1. The number of rotatable bonds is 2. The highest BCUT2D eigenvalue weighted by atomic mass is 32.2. The van der Waals surface area contributed by atoms with Gasteiger partial charge in [-0.25, -0.2) is 12.7 Å². The van der Waals surface area contributed by atoms with E-state index in [-0.39, 0.29) is 16.7 Å². The zero-order valence-corrected chi connectivity index (χ0v) is 10.7. The van der Waals surface area contributed by atoms with Gasteiger partial charge in [-0.2, -0.15) is 0 Å². The topological polar surface area (TPSA) is 66.5 Å². The van der Waals surface area contributed by atoms with Gasteiger partial charge in [-0.05, 0) is 30.7 Å². The molecule has 1 aromatic carbocycles. The third kappa shape index (κ3) is 1.83. The fourth-order valence-electron chi connectivity index (χ4n) is 1.77. The minimum atomic E-state index is -3.45. The van der Waals surface area contributed by atoms with E-state index >= 15 is 0 Å². The molecule has 1 aromatic rings. The highest BCUT2D eigenvalue weighted by molar-refractivity contribution is 7.89. The monoisotopic (exact) mass is 254 g/mol. The van der Waals surface area contributed by atoms with Crippen LogP contribution in [0, 0.1) is 0 Å². The zero-order valence-electron chi connectivity index (χ0n) is 9.89. The van der Waals surface area contributed by atoms with Crippen molar-refractivity contribution in [2.45, 2.75) is 17.7 Å². The van der Waals surface area contributed by atoms with Crippen LogP contribution in [0.15, 0.2) is 23.1 Å². The molecule has 0 fully saturated rings. The minimum Gasteiger partial charge on any atom is -0.325 e. The molecule has 1 atom stereocenters. The molecule has 1 N–H and O–H groups in total. The Balaban J connectivity index is 2.53. The Bertz CT molecular complexity index is 578. The zero-order chi connectivity index (χ0) is 12.8. The lowest BCUT2D eigenvalue weighted by molar-refractivity contribution is -0.116. The predicted octanol–water partition coefficient (Wildman–Crippen LogP) is 0.992. The fourth-order valence-corrected chi connectivity index (χ4v) is 2.70. The molecule has 17 heavy (non-hydrogen) atoms. The Morgan fingerprint density at radius 1 is 1.29 bits per heavy atom. The summed E-state index contributed by atoms with van der Waals surface area (Å²) in [6.45, 7) is 1.76. The molecule has 1 heterocycles. The first kappa shape index (κ1) is 12.1. The first-order valence-corrected chi connectivity index (χ1v) is 6.65. The Kier molecular flexibility index (Phi) is 2.71. The molecule has 2 rings (SSSR count). The van der Waals surface area contributed by atoms with Crippen LogP contribution in [0.5, 0.6) is 0 Å². The summed E-state index contributed by atoms with van der Waals surface area (Å²) >= 11 is 0. The average molecular weight is 254 g/mol. The van der Waals surface area contributed by atoms with Crippen LogP contribution in [0.25, 0.3) is 0 Å². The van der Waals surface area contributed by atoms with Crippen molar-refractivity contribution < 1.29 is 13.2 Å². The summed E-state index contributed by atoms with van der Waals surface area (Å²) in [5.74, 6) is -0.401. The fraction of sp³-hybridized carbons (Fsp3) is 0.364. The average Bonchev–Trinajstić information content (AvgIpc) is 2.54.